The number of ether oxygens (including phenoxy) is 7. The highest BCUT2D eigenvalue weighted by atomic mass is 16.8. The molecule has 2 N–H and O–H groups in total. The number of hydrogen-bond donors (Lipinski definition) is 2. The number of aliphatic hydroxyl groups excluding tert-OH is 1. The number of nitrogens with one attached hydrogen (secondary N) is 1. The van der Waals surface area contributed by atoms with Gasteiger partial charge in [0.05, 0.1) is 25.9 Å². The minimum atomic E-state index is -1.88. The number of esters is 1. The molecular formula is C38H47NO10. The van der Waals surface area contributed by atoms with E-state index in [9.17, 15) is 14.7 Å². The van der Waals surface area contributed by atoms with Crippen molar-refractivity contribution in [2.45, 2.75) is 95.3 Å². The molecule has 11 heteroatoms. The zero-order chi connectivity index (χ0) is 34.5. The van der Waals surface area contributed by atoms with Gasteiger partial charge in [0.1, 0.15) is 31.5 Å². The molecule has 0 radical (unpaired) electrons. The van der Waals surface area contributed by atoms with Gasteiger partial charge in [0.25, 0.3) is 5.79 Å². The van der Waals surface area contributed by atoms with Gasteiger partial charge < -0.3 is 43.6 Å². The molecule has 2 heterocycles. The standard InChI is InChI=1S/C38H47NO10/c1-37(2)47-27-32(48-37)34-33(40)31(43-24-28-15-7-3-8-16-28)23-38(49-34,35(41)44-25-29-17-9-4-10-18-29)46-22-14-6-13-21-39-36(42)45-26-30-19-11-5-12-20-30/h3-5,7-12,15-20,31-34,40H,6,13-14,21-27H2,1-2H3,(H,39,42)/t31-,32?,33+,34-,38+/m1/s1. The van der Waals surface area contributed by atoms with Crippen molar-refractivity contribution in [3.63, 3.8) is 0 Å². The Morgan fingerprint density at radius 1 is 0.796 bits per heavy atom. The van der Waals surface area contributed by atoms with Crippen molar-refractivity contribution in [2.24, 2.45) is 0 Å². The summed E-state index contributed by atoms with van der Waals surface area (Å²) in [5.74, 6) is -3.50. The van der Waals surface area contributed by atoms with Crippen molar-refractivity contribution in [2.75, 3.05) is 19.8 Å². The topological polar surface area (TPSA) is 131 Å². The molecule has 49 heavy (non-hydrogen) atoms. The van der Waals surface area contributed by atoms with Crippen molar-refractivity contribution >= 4 is 12.1 Å². The van der Waals surface area contributed by atoms with Crippen LogP contribution in [0.5, 0.6) is 0 Å². The molecule has 2 aliphatic rings. The third-order valence-electron chi connectivity index (χ3n) is 8.38. The first-order valence-electron chi connectivity index (χ1n) is 16.9. The summed E-state index contributed by atoms with van der Waals surface area (Å²) in [5.41, 5.74) is 2.63. The summed E-state index contributed by atoms with van der Waals surface area (Å²) in [5, 5.41) is 14.3. The van der Waals surface area contributed by atoms with E-state index in [0.717, 1.165) is 16.7 Å². The van der Waals surface area contributed by atoms with E-state index in [-0.39, 0.29) is 39.5 Å². The van der Waals surface area contributed by atoms with Crippen LogP contribution in [0.2, 0.25) is 0 Å². The highest BCUT2D eigenvalue weighted by Crippen LogP contribution is 2.39. The Bertz CT molecular complexity index is 1440. The lowest BCUT2D eigenvalue weighted by Gasteiger charge is -2.46. The minimum Gasteiger partial charge on any atom is -0.457 e. The van der Waals surface area contributed by atoms with Crippen LogP contribution in [-0.2, 0) is 57.8 Å². The molecule has 11 nitrogen and oxygen atoms in total. The average molecular weight is 678 g/mol. The van der Waals surface area contributed by atoms with Crippen LogP contribution < -0.4 is 5.32 Å². The van der Waals surface area contributed by atoms with Crippen LogP contribution in [0.15, 0.2) is 91.0 Å². The van der Waals surface area contributed by atoms with Crippen molar-refractivity contribution in [3.8, 4) is 0 Å². The van der Waals surface area contributed by atoms with Crippen LogP contribution in [0, 0.1) is 0 Å². The van der Waals surface area contributed by atoms with Gasteiger partial charge >= 0.3 is 12.1 Å². The maximum atomic E-state index is 14.0. The van der Waals surface area contributed by atoms with Crippen LogP contribution in [-0.4, -0.2) is 72.9 Å². The Labute approximate surface area is 287 Å². The molecule has 264 valence electrons. The molecule has 0 aromatic heterocycles. The van der Waals surface area contributed by atoms with Gasteiger partial charge in [-0.25, -0.2) is 9.59 Å². The molecule has 3 aromatic rings. The molecule has 0 saturated carbocycles. The molecule has 3 aromatic carbocycles. The summed E-state index contributed by atoms with van der Waals surface area (Å²) in [4.78, 5) is 26.1. The number of benzene rings is 3. The van der Waals surface area contributed by atoms with Crippen LogP contribution in [0.25, 0.3) is 0 Å². The third-order valence-corrected chi connectivity index (χ3v) is 8.38. The lowest BCUT2D eigenvalue weighted by molar-refractivity contribution is -0.331. The lowest BCUT2D eigenvalue weighted by Crippen LogP contribution is -2.63. The van der Waals surface area contributed by atoms with Gasteiger partial charge in [0, 0.05) is 13.0 Å². The second-order valence-corrected chi connectivity index (χ2v) is 12.7. The van der Waals surface area contributed by atoms with E-state index >= 15 is 0 Å². The molecule has 5 atom stereocenters. The van der Waals surface area contributed by atoms with Crippen LogP contribution in [0.4, 0.5) is 4.79 Å². The number of carbonyl (C=O) groups is 2. The molecule has 5 rings (SSSR count). The van der Waals surface area contributed by atoms with E-state index in [0.29, 0.717) is 25.8 Å². The zero-order valence-corrected chi connectivity index (χ0v) is 28.2. The maximum absolute atomic E-state index is 14.0. The van der Waals surface area contributed by atoms with Crippen LogP contribution in [0.3, 0.4) is 0 Å². The average Bonchev–Trinajstić information content (AvgIpc) is 3.49. The summed E-state index contributed by atoms with van der Waals surface area (Å²) >= 11 is 0. The van der Waals surface area contributed by atoms with Gasteiger partial charge in [-0.1, -0.05) is 91.0 Å². The Balaban J connectivity index is 1.22. The highest BCUT2D eigenvalue weighted by molar-refractivity contribution is 5.78. The summed E-state index contributed by atoms with van der Waals surface area (Å²) in [6, 6.07) is 28.4. The second-order valence-electron chi connectivity index (χ2n) is 12.7. The quantitative estimate of drug-likeness (QED) is 0.150. The van der Waals surface area contributed by atoms with Gasteiger partial charge in [-0.15, -0.1) is 0 Å². The van der Waals surface area contributed by atoms with Crippen LogP contribution >= 0.6 is 0 Å². The Hall–Kier alpha value is -3.84. The van der Waals surface area contributed by atoms with Gasteiger partial charge in [-0.05, 0) is 49.8 Å². The number of aliphatic hydroxyl groups is 1. The minimum absolute atomic E-state index is 0.0129. The molecule has 1 unspecified atom stereocenters. The molecule has 2 fully saturated rings. The fourth-order valence-corrected chi connectivity index (χ4v) is 5.76. The lowest BCUT2D eigenvalue weighted by atomic mass is 9.92. The number of amides is 1. The molecule has 0 aliphatic carbocycles. The van der Waals surface area contributed by atoms with Crippen molar-refractivity contribution in [1.82, 2.24) is 5.32 Å². The van der Waals surface area contributed by atoms with E-state index in [2.05, 4.69) is 5.32 Å². The SMILES string of the molecule is CC1(C)OCC([C@H]2O[C@](OCCCCCNC(=O)OCc3ccccc3)(C(=O)OCc3ccccc3)C[C@@H](OCc3ccccc3)[C@@H]2O)O1. The molecule has 2 aliphatic heterocycles. The summed E-state index contributed by atoms with van der Waals surface area (Å²) in [7, 11) is 0. The molecule has 0 bridgehead atoms. The normalized spacial score (nSPS) is 24.6. The first-order valence-corrected chi connectivity index (χ1v) is 16.9. The number of alkyl carbamates (subject to hydrolysis) is 1. The van der Waals surface area contributed by atoms with E-state index < -0.39 is 48.1 Å². The smallest absolute Gasteiger partial charge is 0.407 e. The summed E-state index contributed by atoms with van der Waals surface area (Å²) in [6.07, 6.45) is -2.34. The van der Waals surface area contributed by atoms with Crippen molar-refractivity contribution in [3.05, 3.63) is 108 Å². The number of unbranched alkanes of at least 4 members (excludes halogenated alkanes) is 2. The number of rotatable bonds is 16. The Morgan fingerprint density at radius 2 is 1.39 bits per heavy atom. The summed E-state index contributed by atoms with van der Waals surface area (Å²) < 4.78 is 41.9. The van der Waals surface area contributed by atoms with Gasteiger partial charge in [-0.3, -0.25) is 0 Å². The predicted molar refractivity (Wildman–Crippen MR) is 179 cm³/mol. The number of carbonyl (C=O) groups excluding carboxylic acids is 2. The zero-order valence-electron chi connectivity index (χ0n) is 28.2. The summed E-state index contributed by atoms with van der Waals surface area (Å²) in [6.45, 7) is 4.70. The molecular weight excluding hydrogens is 630 g/mol. The number of hydrogen-bond acceptors (Lipinski definition) is 10. The van der Waals surface area contributed by atoms with Crippen molar-refractivity contribution < 1.29 is 47.9 Å². The highest BCUT2D eigenvalue weighted by Gasteiger charge is 2.57. The molecule has 2 saturated heterocycles. The van der Waals surface area contributed by atoms with Crippen molar-refractivity contribution in [1.29, 1.82) is 0 Å². The van der Waals surface area contributed by atoms with Gasteiger partial charge in [0.2, 0.25) is 0 Å². The fourth-order valence-electron chi connectivity index (χ4n) is 5.76. The van der Waals surface area contributed by atoms with E-state index in [4.69, 9.17) is 33.2 Å². The monoisotopic (exact) mass is 677 g/mol. The van der Waals surface area contributed by atoms with E-state index in [1.54, 1.807) is 13.8 Å². The first-order chi connectivity index (χ1) is 23.7. The Morgan fingerprint density at radius 3 is 1.98 bits per heavy atom. The fraction of sp³-hybridized carbons (Fsp3) is 0.474. The van der Waals surface area contributed by atoms with E-state index in [1.807, 2.05) is 91.0 Å². The maximum Gasteiger partial charge on any atom is 0.407 e. The van der Waals surface area contributed by atoms with Gasteiger partial charge in [0.15, 0.2) is 5.79 Å². The third kappa shape index (κ3) is 10.8. The largest absolute Gasteiger partial charge is 0.457 e. The molecule has 1 amide bonds. The first kappa shape index (κ1) is 36.4. The predicted octanol–water partition coefficient (Wildman–Crippen LogP) is 5.43. The van der Waals surface area contributed by atoms with Crippen LogP contribution in [0.1, 0.15) is 56.2 Å². The van der Waals surface area contributed by atoms with E-state index in [1.165, 1.54) is 0 Å². The molecule has 0 spiro atoms. The van der Waals surface area contributed by atoms with Gasteiger partial charge in [-0.2, -0.15) is 0 Å². The Kier molecular flexibility index (Phi) is 13.2. The second kappa shape index (κ2) is 17.7.